The van der Waals surface area contributed by atoms with Gasteiger partial charge in [0.15, 0.2) is 5.82 Å². The van der Waals surface area contributed by atoms with Crippen LogP contribution < -0.4 is 10.6 Å². The van der Waals surface area contributed by atoms with E-state index in [1.165, 1.54) is 19.3 Å². The number of nitrogens with one attached hydrogen (secondary N) is 2. The van der Waals surface area contributed by atoms with Crippen LogP contribution in [-0.2, 0) is 0 Å². The van der Waals surface area contributed by atoms with Gasteiger partial charge < -0.3 is 10.6 Å². The lowest BCUT2D eigenvalue weighted by atomic mass is 9.93. The second-order valence-electron chi connectivity index (χ2n) is 5.81. The molecular formula is C18H18N6. The molecule has 0 unspecified atom stereocenters. The zero-order valence-electron chi connectivity index (χ0n) is 13.2. The van der Waals surface area contributed by atoms with E-state index < -0.39 is 0 Å². The molecule has 2 aromatic heterocycles. The summed E-state index contributed by atoms with van der Waals surface area (Å²) in [5.41, 5.74) is 1.86. The Bertz CT molecular complexity index is 802. The van der Waals surface area contributed by atoms with E-state index in [0.29, 0.717) is 23.8 Å². The van der Waals surface area contributed by atoms with Crippen molar-refractivity contribution in [2.75, 3.05) is 10.6 Å². The minimum Gasteiger partial charge on any atom is -0.351 e. The SMILES string of the molecule is c1ccc(-c2nc(Nc3ccncc3)nc(NC3CCC3)n2)cc1. The third kappa shape index (κ3) is 3.32. The van der Waals surface area contributed by atoms with Crippen molar-refractivity contribution in [1.82, 2.24) is 19.9 Å². The molecule has 1 aliphatic rings. The van der Waals surface area contributed by atoms with E-state index in [2.05, 4.69) is 30.6 Å². The van der Waals surface area contributed by atoms with Gasteiger partial charge in [0.2, 0.25) is 11.9 Å². The van der Waals surface area contributed by atoms with E-state index in [0.717, 1.165) is 11.3 Å². The van der Waals surface area contributed by atoms with Gasteiger partial charge in [0.25, 0.3) is 0 Å². The van der Waals surface area contributed by atoms with Crippen LogP contribution >= 0.6 is 0 Å². The molecule has 0 spiro atoms. The Morgan fingerprint density at radius 1 is 0.833 bits per heavy atom. The summed E-state index contributed by atoms with van der Waals surface area (Å²) in [6, 6.07) is 14.2. The lowest BCUT2D eigenvalue weighted by Crippen LogP contribution is -2.28. The average Bonchev–Trinajstić information content (AvgIpc) is 2.60. The molecule has 4 rings (SSSR count). The van der Waals surface area contributed by atoms with Crippen molar-refractivity contribution in [2.45, 2.75) is 25.3 Å². The molecule has 1 aliphatic carbocycles. The summed E-state index contributed by atoms with van der Waals surface area (Å²) in [5, 5.41) is 6.62. The van der Waals surface area contributed by atoms with Gasteiger partial charge in [-0.05, 0) is 31.4 Å². The fourth-order valence-electron chi connectivity index (χ4n) is 2.51. The smallest absolute Gasteiger partial charge is 0.232 e. The van der Waals surface area contributed by atoms with E-state index in [-0.39, 0.29) is 0 Å². The van der Waals surface area contributed by atoms with Crippen LogP contribution in [0.25, 0.3) is 11.4 Å². The summed E-state index contributed by atoms with van der Waals surface area (Å²) in [6.45, 7) is 0. The first-order chi connectivity index (χ1) is 11.9. The molecule has 0 bridgehead atoms. The molecule has 6 nitrogen and oxygen atoms in total. The Morgan fingerprint density at radius 3 is 2.29 bits per heavy atom. The number of hydrogen-bond donors (Lipinski definition) is 2. The first-order valence-electron chi connectivity index (χ1n) is 8.12. The number of aromatic nitrogens is 4. The van der Waals surface area contributed by atoms with Gasteiger partial charge in [-0.1, -0.05) is 30.3 Å². The second kappa shape index (κ2) is 6.62. The molecule has 120 valence electrons. The normalized spacial score (nSPS) is 14.0. The topological polar surface area (TPSA) is 75.6 Å². The van der Waals surface area contributed by atoms with Crippen LogP contribution in [0.4, 0.5) is 17.6 Å². The zero-order chi connectivity index (χ0) is 16.2. The molecule has 6 heteroatoms. The summed E-state index contributed by atoms with van der Waals surface area (Å²) < 4.78 is 0. The Morgan fingerprint density at radius 2 is 1.58 bits per heavy atom. The van der Waals surface area contributed by atoms with Gasteiger partial charge in [-0.25, -0.2) is 0 Å². The van der Waals surface area contributed by atoms with Gasteiger partial charge in [-0.2, -0.15) is 15.0 Å². The zero-order valence-corrected chi connectivity index (χ0v) is 13.2. The highest BCUT2D eigenvalue weighted by Crippen LogP contribution is 2.24. The number of rotatable bonds is 5. The maximum absolute atomic E-state index is 4.58. The van der Waals surface area contributed by atoms with Crippen molar-refractivity contribution in [3.8, 4) is 11.4 Å². The third-order valence-electron chi connectivity index (χ3n) is 4.04. The number of pyridine rings is 1. The predicted molar refractivity (Wildman–Crippen MR) is 94.0 cm³/mol. The summed E-state index contributed by atoms with van der Waals surface area (Å²) in [4.78, 5) is 17.7. The van der Waals surface area contributed by atoms with Crippen molar-refractivity contribution >= 4 is 17.6 Å². The molecule has 0 radical (unpaired) electrons. The third-order valence-corrected chi connectivity index (χ3v) is 4.04. The molecule has 0 aliphatic heterocycles. The Kier molecular flexibility index (Phi) is 4.02. The maximum Gasteiger partial charge on any atom is 0.232 e. The highest BCUT2D eigenvalue weighted by molar-refractivity contribution is 5.60. The summed E-state index contributed by atoms with van der Waals surface area (Å²) >= 11 is 0. The number of benzene rings is 1. The lowest BCUT2D eigenvalue weighted by molar-refractivity contribution is 0.443. The van der Waals surface area contributed by atoms with Crippen molar-refractivity contribution in [2.24, 2.45) is 0 Å². The highest BCUT2D eigenvalue weighted by atomic mass is 15.2. The molecule has 3 aromatic rings. The van der Waals surface area contributed by atoms with E-state index in [9.17, 15) is 0 Å². The van der Waals surface area contributed by atoms with Crippen LogP contribution in [0.15, 0.2) is 54.9 Å². The van der Waals surface area contributed by atoms with Crippen LogP contribution in [0.5, 0.6) is 0 Å². The van der Waals surface area contributed by atoms with E-state index in [1.54, 1.807) is 12.4 Å². The number of anilines is 3. The fourth-order valence-corrected chi connectivity index (χ4v) is 2.51. The second-order valence-corrected chi connectivity index (χ2v) is 5.81. The first-order valence-corrected chi connectivity index (χ1v) is 8.12. The van der Waals surface area contributed by atoms with Gasteiger partial charge in [-0.3, -0.25) is 4.98 Å². The minimum atomic E-state index is 0.463. The minimum absolute atomic E-state index is 0.463. The fraction of sp³-hybridized carbons (Fsp3) is 0.222. The van der Waals surface area contributed by atoms with Crippen LogP contribution in [0.1, 0.15) is 19.3 Å². The monoisotopic (exact) mass is 318 g/mol. The summed E-state index contributed by atoms with van der Waals surface area (Å²) in [5.74, 6) is 1.80. The Hall–Kier alpha value is -3.02. The van der Waals surface area contributed by atoms with Crippen LogP contribution in [0, 0.1) is 0 Å². The van der Waals surface area contributed by atoms with Crippen molar-refractivity contribution in [3.05, 3.63) is 54.9 Å². The molecule has 0 amide bonds. The maximum atomic E-state index is 4.58. The van der Waals surface area contributed by atoms with E-state index in [4.69, 9.17) is 0 Å². The molecule has 1 fully saturated rings. The average molecular weight is 318 g/mol. The summed E-state index contributed by atoms with van der Waals surface area (Å²) in [6.07, 6.45) is 7.06. The highest BCUT2D eigenvalue weighted by Gasteiger charge is 2.19. The van der Waals surface area contributed by atoms with Crippen molar-refractivity contribution in [3.63, 3.8) is 0 Å². The van der Waals surface area contributed by atoms with Gasteiger partial charge in [0.05, 0.1) is 0 Å². The summed E-state index contributed by atoms with van der Waals surface area (Å²) in [7, 11) is 0. The molecule has 0 atom stereocenters. The lowest BCUT2D eigenvalue weighted by Gasteiger charge is -2.26. The Balaban J connectivity index is 1.67. The standard InChI is InChI=1S/C18H18N6/c1-2-5-13(6-3-1)16-22-17(20-14-7-4-8-14)24-18(23-16)21-15-9-11-19-12-10-15/h1-3,5-6,9-12,14H,4,7-8H2,(H2,19,20,21,22,23,24). The molecule has 0 saturated heterocycles. The van der Waals surface area contributed by atoms with Gasteiger partial charge in [0, 0.05) is 29.7 Å². The molecule has 2 N–H and O–H groups in total. The van der Waals surface area contributed by atoms with Crippen LogP contribution in [0.3, 0.4) is 0 Å². The molecule has 24 heavy (non-hydrogen) atoms. The Labute approximate surface area is 140 Å². The number of nitrogens with zero attached hydrogens (tertiary/aromatic N) is 4. The quantitative estimate of drug-likeness (QED) is 0.748. The first kappa shape index (κ1) is 14.6. The molecule has 1 aromatic carbocycles. The molecular weight excluding hydrogens is 300 g/mol. The van der Waals surface area contributed by atoms with Crippen molar-refractivity contribution < 1.29 is 0 Å². The van der Waals surface area contributed by atoms with Crippen LogP contribution in [-0.4, -0.2) is 26.0 Å². The molecule has 2 heterocycles. The van der Waals surface area contributed by atoms with E-state index >= 15 is 0 Å². The van der Waals surface area contributed by atoms with Crippen molar-refractivity contribution in [1.29, 1.82) is 0 Å². The largest absolute Gasteiger partial charge is 0.351 e. The van der Waals surface area contributed by atoms with Crippen LogP contribution in [0.2, 0.25) is 0 Å². The number of hydrogen-bond acceptors (Lipinski definition) is 6. The van der Waals surface area contributed by atoms with Gasteiger partial charge in [0.1, 0.15) is 0 Å². The predicted octanol–water partition coefficient (Wildman–Crippen LogP) is 3.64. The van der Waals surface area contributed by atoms with Gasteiger partial charge in [-0.15, -0.1) is 0 Å². The van der Waals surface area contributed by atoms with Gasteiger partial charge >= 0.3 is 0 Å². The molecule has 1 saturated carbocycles. The van der Waals surface area contributed by atoms with E-state index in [1.807, 2.05) is 42.5 Å².